The van der Waals surface area contributed by atoms with Gasteiger partial charge < -0.3 is 19.1 Å². The molecule has 0 saturated carbocycles. The van der Waals surface area contributed by atoms with Crippen molar-refractivity contribution in [2.45, 2.75) is 32.9 Å². The van der Waals surface area contributed by atoms with Gasteiger partial charge in [-0.1, -0.05) is 35.9 Å². The van der Waals surface area contributed by atoms with E-state index in [1.165, 1.54) is 6.07 Å². The standard InChI is InChI=1S/C29H29ClFN3O4/c1-3-37-28(35)12-11-24-10-8-21(29(32-24)36-2)18-34-15-13-20(14-16-34)26-5-4-6-27(33-26)38-19-22-7-9-23(30)17-25(22)31/h4-10,13-15,17H,3,11-12,16,18-19H2,1-2H3. The molecule has 0 atom stereocenters. The fraction of sp³-hybridized carbons (Fsp3) is 0.276. The van der Waals surface area contributed by atoms with Crippen molar-refractivity contribution in [3.05, 3.63) is 100 Å². The Balaban J connectivity index is 1.34. The zero-order valence-corrected chi connectivity index (χ0v) is 22.1. The highest BCUT2D eigenvalue weighted by Gasteiger charge is 2.14. The minimum absolute atomic E-state index is 0.0552. The number of allylic oxidation sites excluding steroid dienone is 2. The highest BCUT2D eigenvalue weighted by Crippen LogP contribution is 2.24. The molecule has 4 rings (SSSR count). The van der Waals surface area contributed by atoms with Crippen LogP contribution in [0.25, 0.3) is 5.57 Å². The largest absolute Gasteiger partial charge is 0.481 e. The SMILES string of the molecule is CCOC(=O)CCc1ccc(CN2C=CC(c3cccc(OCc4ccc(Cl)cc4F)n3)=CC2)c(OC)n1. The second-order valence-electron chi connectivity index (χ2n) is 8.57. The van der Waals surface area contributed by atoms with Gasteiger partial charge >= 0.3 is 5.97 Å². The summed E-state index contributed by atoms with van der Waals surface area (Å²) in [6, 6.07) is 13.9. The van der Waals surface area contributed by atoms with Gasteiger partial charge in [-0.15, -0.1) is 0 Å². The summed E-state index contributed by atoms with van der Waals surface area (Å²) in [6.07, 6.45) is 6.85. The topological polar surface area (TPSA) is 73.8 Å². The van der Waals surface area contributed by atoms with Crippen molar-refractivity contribution in [1.29, 1.82) is 0 Å². The monoisotopic (exact) mass is 537 g/mol. The predicted molar refractivity (Wildman–Crippen MR) is 143 cm³/mol. The van der Waals surface area contributed by atoms with E-state index in [1.807, 2.05) is 36.5 Å². The summed E-state index contributed by atoms with van der Waals surface area (Å²) in [4.78, 5) is 22.9. The number of carbonyl (C=O) groups excluding carboxylic acids is 1. The number of halogens is 2. The van der Waals surface area contributed by atoms with Crippen molar-refractivity contribution in [3.63, 3.8) is 0 Å². The van der Waals surface area contributed by atoms with Crippen LogP contribution in [0.2, 0.25) is 5.02 Å². The molecule has 0 saturated heterocycles. The van der Waals surface area contributed by atoms with Crippen molar-refractivity contribution >= 4 is 23.1 Å². The average Bonchev–Trinajstić information content (AvgIpc) is 2.93. The Hall–Kier alpha value is -3.91. The maximum absolute atomic E-state index is 14.0. The smallest absolute Gasteiger partial charge is 0.306 e. The van der Waals surface area contributed by atoms with E-state index in [2.05, 4.69) is 20.9 Å². The number of nitrogens with zero attached hydrogens (tertiary/aromatic N) is 3. The first-order chi connectivity index (χ1) is 18.4. The molecule has 0 aliphatic carbocycles. The molecule has 9 heteroatoms. The van der Waals surface area contributed by atoms with E-state index < -0.39 is 5.82 Å². The van der Waals surface area contributed by atoms with Crippen LogP contribution in [0.3, 0.4) is 0 Å². The van der Waals surface area contributed by atoms with Crippen LogP contribution in [-0.2, 0) is 29.1 Å². The lowest BCUT2D eigenvalue weighted by Gasteiger charge is -2.23. The molecule has 3 heterocycles. The van der Waals surface area contributed by atoms with Crippen LogP contribution < -0.4 is 9.47 Å². The fourth-order valence-corrected chi connectivity index (χ4v) is 4.07. The molecule has 2 aromatic heterocycles. The van der Waals surface area contributed by atoms with Gasteiger partial charge in [0.2, 0.25) is 11.8 Å². The molecule has 0 bridgehead atoms. The summed E-state index contributed by atoms with van der Waals surface area (Å²) >= 11 is 5.81. The number of aromatic nitrogens is 2. The van der Waals surface area contributed by atoms with E-state index in [4.69, 9.17) is 25.8 Å². The molecular weight excluding hydrogens is 509 g/mol. The Morgan fingerprint density at radius 3 is 2.71 bits per heavy atom. The summed E-state index contributed by atoms with van der Waals surface area (Å²) in [6.45, 7) is 3.49. The van der Waals surface area contributed by atoms with Crippen LogP contribution in [0.4, 0.5) is 4.39 Å². The molecule has 0 fully saturated rings. The van der Waals surface area contributed by atoms with Gasteiger partial charge in [0.1, 0.15) is 12.4 Å². The number of benzene rings is 1. The minimum Gasteiger partial charge on any atom is -0.481 e. The van der Waals surface area contributed by atoms with Crippen molar-refractivity contribution < 1.29 is 23.4 Å². The quantitative estimate of drug-likeness (QED) is 0.288. The van der Waals surface area contributed by atoms with E-state index in [0.717, 1.165) is 22.5 Å². The second kappa shape index (κ2) is 13.1. The van der Waals surface area contributed by atoms with Crippen LogP contribution in [0, 0.1) is 5.82 Å². The average molecular weight is 538 g/mol. The zero-order chi connectivity index (χ0) is 26.9. The van der Waals surface area contributed by atoms with Gasteiger partial charge in [0, 0.05) is 53.6 Å². The van der Waals surface area contributed by atoms with Gasteiger partial charge in [-0.3, -0.25) is 4.79 Å². The molecule has 1 aliphatic rings. The Labute approximate surface area is 226 Å². The van der Waals surface area contributed by atoms with Crippen molar-refractivity contribution in [2.75, 3.05) is 20.3 Å². The zero-order valence-electron chi connectivity index (χ0n) is 21.3. The number of ether oxygens (including phenoxy) is 3. The number of pyridine rings is 2. The van der Waals surface area contributed by atoms with Crippen LogP contribution in [-0.4, -0.2) is 41.1 Å². The van der Waals surface area contributed by atoms with Crippen LogP contribution in [0.15, 0.2) is 66.9 Å². The van der Waals surface area contributed by atoms with Crippen molar-refractivity contribution in [2.24, 2.45) is 0 Å². The highest BCUT2D eigenvalue weighted by atomic mass is 35.5. The molecule has 3 aromatic rings. The van der Waals surface area contributed by atoms with E-state index >= 15 is 0 Å². The van der Waals surface area contributed by atoms with Crippen molar-refractivity contribution in [3.8, 4) is 11.8 Å². The van der Waals surface area contributed by atoms with Crippen LogP contribution in [0.1, 0.15) is 35.9 Å². The first-order valence-electron chi connectivity index (χ1n) is 12.3. The Morgan fingerprint density at radius 1 is 1.13 bits per heavy atom. The molecule has 0 amide bonds. The normalized spacial score (nSPS) is 12.7. The number of hydrogen-bond donors (Lipinski definition) is 0. The number of esters is 1. The highest BCUT2D eigenvalue weighted by molar-refractivity contribution is 6.30. The summed E-state index contributed by atoms with van der Waals surface area (Å²) in [5.41, 5.74) is 3.86. The Kier molecular flexibility index (Phi) is 9.32. The van der Waals surface area contributed by atoms with E-state index in [1.54, 1.807) is 32.2 Å². The van der Waals surface area contributed by atoms with Gasteiger partial charge in [0.05, 0.1) is 25.8 Å². The maximum Gasteiger partial charge on any atom is 0.306 e. The maximum atomic E-state index is 14.0. The van der Waals surface area contributed by atoms with Gasteiger partial charge in [0.25, 0.3) is 0 Å². The molecule has 0 radical (unpaired) electrons. The van der Waals surface area contributed by atoms with Gasteiger partial charge in [-0.2, -0.15) is 0 Å². The lowest BCUT2D eigenvalue weighted by Crippen LogP contribution is -2.20. The minimum atomic E-state index is -0.412. The Morgan fingerprint density at radius 2 is 1.97 bits per heavy atom. The summed E-state index contributed by atoms with van der Waals surface area (Å²) in [7, 11) is 1.59. The number of rotatable bonds is 11. The van der Waals surface area contributed by atoms with Gasteiger partial charge in [0.15, 0.2) is 0 Å². The Bertz CT molecular complexity index is 1350. The third-order valence-corrected chi connectivity index (χ3v) is 6.11. The predicted octanol–water partition coefficient (Wildman–Crippen LogP) is 5.77. The molecule has 198 valence electrons. The molecule has 0 N–H and O–H groups in total. The number of aryl methyl sites for hydroxylation is 1. The molecule has 7 nitrogen and oxygen atoms in total. The molecule has 1 aliphatic heterocycles. The number of carbonyl (C=O) groups is 1. The summed E-state index contributed by atoms with van der Waals surface area (Å²) in [5.74, 6) is 0.302. The third kappa shape index (κ3) is 7.32. The number of hydrogen-bond acceptors (Lipinski definition) is 7. The van der Waals surface area contributed by atoms with Crippen molar-refractivity contribution in [1.82, 2.24) is 14.9 Å². The van der Waals surface area contributed by atoms with Crippen LogP contribution in [0.5, 0.6) is 11.8 Å². The van der Waals surface area contributed by atoms with Gasteiger partial charge in [-0.25, -0.2) is 14.4 Å². The summed E-state index contributed by atoms with van der Waals surface area (Å²) in [5, 5.41) is 0.342. The first-order valence-corrected chi connectivity index (χ1v) is 12.7. The van der Waals surface area contributed by atoms with E-state index in [0.29, 0.717) is 48.5 Å². The summed E-state index contributed by atoms with van der Waals surface area (Å²) < 4.78 is 30.2. The molecule has 1 aromatic carbocycles. The first kappa shape index (κ1) is 27.1. The van der Waals surface area contributed by atoms with E-state index in [9.17, 15) is 9.18 Å². The third-order valence-electron chi connectivity index (χ3n) is 5.87. The lowest BCUT2D eigenvalue weighted by atomic mass is 10.1. The van der Waals surface area contributed by atoms with Gasteiger partial charge in [-0.05, 0) is 42.8 Å². The molecule has 38 heavy (non-hydrogen) atoms. The van der Waals surface area contributed by atoms with Crippen LogP contribution >= 0.6 is 11.6 Å². The number of methoxy groups -OCH3 is 1. The molecular formula is C29H29ClFN3O4. The molecule has 0 unspecified atom stereocenters. The second-order valence-corrected chi connectivity index (χ2v) is 9.00. The molecule has 0 spiro atoms. The fourth-order valence-electron chi connectivity index (χ4n) is 3.91. The van der Waals surface area contributed by atoms with E-state index in [-0.39, 0.29) is 19.0 Å². The lowest BCUT2D eigenvalue weighted by molar-refractivity contribution is -0.143.